The van der Waals surface area contributed by atoms with Gasteiger partial charge in [-0.05, 0) is 44.0 Å². The van der Waals surface area contributed by atoms with Gasteiger partial charge in [0.05, 0.1) is 11.5 Å². The van der Waals surface area contributed by atoms with Crippen LogP contribution in [0.2, 0.25) is 0 Å². The van der Waals surface area contributed by atoms with E-state index < -0.39 is 0 Å². The first-order valence-electron chi connectivity index (χ1n) is 8.80. The number of aryl methyl sites for hydroxylation is 1. The number of hydrogen-bond acceptors (Lipinski definition) is 5. The van der Waals surface area contributed by atoms with E-state index in [1.165, 1.54) is 5.56 Å². The fraction of sp³-hybridized carbons (Fsp3) is 0.300. The molecule has 3 aromatic rings. The Kier molecular flexibility index (Phi) is 4.48. The molecule has 1 aliphatic rings. The number of piperidine rings is 1. The molecule has 1 aliphatic heterocycles. The lowest BCUT2D eigenvalue weighted by atomic mass is 9.97. The highest BCUT2D eigenvalue weighted by atomic mass is 16.4. The maximum atomic E-state index is 12.7. The summed E-state index contributed by atoms with van der Waals surface area (Å²) < 4.78 is 5.91. The first-order valence-corrected chi connectivity index (χ1v) is 8.80. The predicted molar refractivity (Wildman–Crippen MR) is 96.6 cm³/mol. The standard InChI is InChI=1S/C20H20N4O2/c1-14-6-8-15(9-7-14)18-22-23-19(26-18)17-5-3-11-24(13-17)20(25)16-4-2-10-21-12-16/h2,4,6-10,12,17H,3,5,11,13H2,1H3/t17-/m1/s1. The van der Waals surface area contributed by atoms with Crippen LogP contribution in [-0.4, -0.2) is 39.1 Å². The van der Waals surface area contributed by atoms with Crippen molar-refractivity contribution < 1.29 is 9.21 Å². The van der Waals surface area contributed by atoms with E-state index in [0.717, 1.165) is 24.9 Å². The van der Waals surface area contributed by atoms with Gasteiger partial charge in [0.1, 0.15) is 0 Å². The van der Waals surface area contributed by atoms with Crippen molar-refractivity contribution >= 4 is 5.91 Å². The van der Waals surface area contributed by atoms with Crippen LogP contribution < -0.4 is 0 Å². The topological polar surface area (TPSA) is 72.1 Å². The molecule has 1 aromatic carbocycles. The molecule has 6 heteroatoms. The fourth-order valence-corrected chi connectivity index (χ4v) is 3.25. The highest BCUT2D eigenvalue weighted by Gasteiger charge is 2.29. The normalized spacial score (nSPS) is 17.3. The molecule has 1 atom stereocenters. The largest absolute Gasteiger partial charge is 0.420 e. The van der Waals surface area contributed by atoms with Crippen LogP contribution >= 0.6 is 0 Å². The number of benzene rings is 1. The van der Waals surface area contributed by atoms with E-state index in [-0.39, 0.29) is 11.8 Å². The summed E-state index contributed by atoms with van der Waals surface area (Å²) in [5.74, 6) is 1.19. The van der Waals surface area contributed by atoms with E-state index in [9.17, 15) is 4.79 Å². The minimum absolute atomic E-state index is 0.000994. The number of carbonyl (C=O) groups is 1. The van der Waals surface area contributed by atoms with Crippen LogP contribution in [0.5, 0.6) is 0 Å². The number of pyridine rings is 1. The average Bonchev–Trinajstić information content (AvgIpc) is 3.19. The molecule has 4 rings (SSSR count). The second-order valence-corrected chi connectivity index (χ2v) is 6.64. The molecule has 2 aromatic heterocycles. The molecule has 0 saturated carbocycles. The Morgan fingerprint density at radius 2 is 2.04 bits per heavy atom. The molecule has 0 N–H and O–H groups in total. The molecule has 1 amide bonds. The van der Waals surface area contributed by atoms with E-state index >= 15 is 0 Å². The molecule has 132 valence electrons. The number of rotatable bonds is 3. The summed E-state index contributed by atoms with van der Waals surface area (Å²) in [6, 6.07) is 11.6. The molecular formula is C20H20N4O2. The molecular weight excluding hydrogens is 328 g/mol. The minimum atomic E-state index is 0.000994. The molecule has 3 heterocycles. The fourth-order valence-electron chi connectivity index (χ4n) is 3.25. The molecule has 1 fully saturated rings. The van der Waals surface area contributed by atoms with Crippen molar-refractivity contribution in [3.05, 3.63) is 65.8 Å². The Labute approximate surface area is 151 Å². The highest BCUT2D eigenvalue weighted by molar-refractivity contribution is 5.93. The van der Waals surface area contributed by atoms with Gasteiger partial charge >= 0.3 is 0 Å². The first kappa shape index (κ1) is 16.4. The molecule has 0 spiro atoms. The second kappa shape index (κ2) is 7.07. The van der Waals surface area contributed by atoms with E-state index in [4.69, 9.17) is 4.42 Å². The lowest BCUT2D eigenvalue weighted by molar-refractivity contribution is 0.0698. The molecule has 26 heavy (non-hydrogen) atoms. The Morgan fingerprint density at radius 1 is 1.19 bits per heavy atom. The van der Waals surface area contributed by atoms with Crippen molar-refractivity contribution in [2.24, 2.45) is 0 Å². The monoisotopic (exact) mass is 348 g/mol. The zero-order chi connectivity index (χ0) is 17.9. The summed E-state index contributed by atoms with van der Waals surface area (Å²) >= 11 is 0. The molecule has 0 radical (unpaired) electrons. The first-order chi connectivity index (χ1) is 12.7. The van der Waals surface area contributed by atoms with Gasteiger partial charge in [0.2, 0.25) is 11.8 Å². The average molecular weight is 348 g/mol. The summed E-state index contributed by atoms with van der Waals surface area (Å²) in [6.07, 6.45) is 5.13. The summed E-state index contributed by atoms with van der Waals surface area (Å²) in [5.41, 5.74) is 2.71. The van der Waals surface area contributed by atoms with Crippen LogP contribution in [0.4, 0.5) is 0 Å². The summed E-state index contributed by atoms with van der Waals surface area (Å²) in [4.78, 5) is 18.5. The zero-order valence-electron chi connectivity index (χ0n) is 14.6. The van der Waals surface area contributed by atoms with Crippen LogP contribution in [0.1, 0.15) is 40.6 Å². The third kappa shape index (κ3) is 3.35. The maximum absolute atomic E-state index is 12.7. The van der Waals surface area contributed by atoms with Gasteiger partial charge in [0.25, 0.3) is 5.91 Å². The Bertz CT molecular complexity index is 890. The quantitative estimate of drug-likeness (QED) is 0.725. The molecule has 0 bridgehead atoms. The predicted octanol–water partition coefficient (Wildman–Crippen LogP) is 3.46. The van der Waals surface area contributed by atoms with Gasteiger partial charge < -0.3 is 9.32 Å². The summed E-state index contributed by atoms with van der Waals surface area (Å²) in [7, 11) is 0. The third-order valence-electron chi connectivity index (χ3n) is 4.71. The van der Waals surface area contributed by atoms with Crippen molar-refractivity contribution in [1.29, 1.82) is 0 Å². The Balaban J connectivity index is 1.50. The van der Waals surface area contributed by atoms with Crippen LogP contribution in [0.3, 0.4) is 0 Å². The minimum Gasteiger partial charge on any atom is -0.420 e. The van der Waals surface area contributed by atoms with Crippen LogP contribution in [-0.2, 0) is 0 Å². The molecule has 0 unspecified atom stereocenters. The summed E-state index contributed by atoms with van der Waals surface area (Å²) in [6.45, 7) is 3.37. The number of nitrogens with zero attached hydrogens (tertiary/aromatic N) is 4. The van der Waals surface area contributed by atoms with Crippen molar-refractivity contribution in [2.45, 2.75) is 25.7 Å². The smallest absolute Gasteiger partial charge is 0.255 e. The van der Waals surface area contributed by atoms with E-state index in [1.54, 1.807) is 24.5 Å². The lowest BCUT2D eigenvalue weighted by Gasteiger charge is -2.31. The maximum Gasteiger partial charge on any atom is 0.255 e. The van der Waals surface area contributed by atoms with Gasteiger partial charge in [0.15, 0.2) is 0 Å². The van der Waals surface area contributed by atoms with Gasteiger partial charge in [-0.15, -0.1) is 10.2 Å². The molecule has 0 aliphatic carbocycles. The SMILES string of the molecule is Cc1ccc(-c2nnc([C@@H]3CCCN(C(=O)c4cccnc4)C3)o2)cc1. The van der Waals surface area contributed by atoms with Crippen molar-refractivity contribution in [3.8, 4) is 11.5 Å². The molecule has 1 saturated heterocycles. The number of likely N-dealkylation sites (tertiary alicyclic amines) is 1. The van der Waals surface area contributed by atoms with E-state index in [1.807, 2.05) is 36.1 Å². The van der Waals surface area contributed by atoms with Crippen molar-refractivity contribution in [2.75, 3.05) is 13.1 Å². The van der Waals surface area contributed by atoms with Crippen LogP contribution in [0.25, 0.3) is 11.5 Å². The second-order valence-electron chi connectivity index (χ2n) is 6.64. The van der Waals surface area contributed by atoms with Crippen molar-refractivity contribution in [3.63, 3.8) is 0 Å². The zero-order valence-corrected chi connectivity index (χ0v) is 14.6. The van der Waals surface area contributed by atoms with Gasteiger partial charge in [-0.2, -0.15) is 0 Å². The van der Waals surface area contributed by atoms with Crippen LogP contribution in [0, 0.1) is 6.92 Å². The Morgan fingerprint density at radius 3 is 2.81 bits per heavy atom. The van der Waals surface area contributed by atoms with E-state index in [0.29, 0.717) is 23.9 Å². The number of carbonyl (C=O) groups excluding carboxylic acids is 1. The van der Waals surface area contributed by atoms with Crippen molar-refractivity contribution in [1.82, 2.24) is 20.1 Å². The number of aromatic nitrogens is 3. The summed E-state index contributed by atoms with van der Waals surface area (Å²) in [5, 5.41) is 8.43. The van der Waals surface area contributed by atoms with E-state index in [2.05, 4.69) is 15.2 Å². The van der Waals surface area contributed by atoms with Gasteiger partial charge in [0, 0.05) is 31.0 Å². The number of amides is 1. The van der Waals surface area contributed by atoms with Crippen LogP contribution in [0.15, 0.2) is 53.2 Å². The highest BCUT2D eigenvalue weighted by Crippen LogP contribution is 2.29. The van der Waals surface area contributed by atoms with Gasteiger partial charge in [-0.3, -0.25) is 9.78 Å². The number of hydrogen-bond donors (Lipinski definition) is 0. The molecule has 6 nitrogen and oxygen atoms in total. The third-order valence-corrected chi connectivity index (χ3v) is 4.71. The van der Waals surface area contributed by atoms with Gasteiger partial charge in [-0.25, -0.2) is 0 Å². The van der Waals surface area contributed by atoms with Gasteiger partial charge in [-0.1, -0.05) is 17.7 Å². The Hall–Kier alpha value is -3.02. The lowest BCUT2D eigenvalue weighted by Crippen LogP contribution is -2.39.